The molecule has 2 atom stereocenters. The Balaban J connectivity index is 0.0000202. The summed E-state index contributed by atoms with van der Waals surface area (Å²) in [5, 5.41) is 3.10. The van der Waals surface area contributed by atoms with Crippen LogP contribution in [-0.2, 0) is 14.3 Å². The first kappa shape index (κ1) is 44.9. The highest BCUT2D eigenvalue weighted by Gasteiger charge is 2.20. The lowest BCUT2D eigenvalue weighted by atomic mass is 9.98. The number of rotatable bonds is 34. The van der Waals surface area contributed by atoms with Crippen molar-refractivity contribution in [1.82, 2.24) is 5.32 Å². The first-order valence-electron chi connectivity index (χ1n) is 19.4. The molecule has 2 unspecified atom stereocenters. The average molecular weight is 668 g/mol. The Morgan fingerprint density at radius 3 is 1.48 bits per heavy atom. The largest absolute Gasteiger partial charge is 0.379 e. The molecule has 6 heteroatoms. The lowest BCUT2D eigenvalue weighted by molar-refractivity contribution is -0.123. The SMILES string of the molecule is CCCCCCCCCCCCCCOCC(CNC(=O)C(CN)c1ccccc1)OCCCCCCCCCCCCCC.Cl. The fourth-order valence-electron chi connectivity index (χ4n) is 6.04. The lowest BCUT2D eigenvalue weighted by Gasteiger charge is -2.21. The minimum absolute atomic E-state index is 0. The highest BCUT2D eigenvalue weighted by molar-refractivity contribution is 5.85. The van der Waals surface area contributed by atoms with Crippen LogP contribution in [0.25, 0.3) is 0 Å². The van der Waals surface area contributed by atoms with Crippen LogP contribution in [0.5, 0.6) is 0 Å². The summed E-state index contributed by atoms with van der Waals surface area (Å²) in [5.41, 5.74) is 6.93. The summed E-state index contributed by atoms with van der Waals surface area (Å²) in [7, 11) is 0. The molecule has 1 aromatic carbocycles. The summed E-state index contributed by atoms with van der Waals surface area (Å²) < 4.78 is 12.3. The molecule has 0 aliphatic carbocycles. The third-order valence-electron chi connectivity index (χ3n) is 9.06. The topological polar surface area (TPSA) is 73.6 Å². The smallest absolute Gasteiger partial charge is 0.228 e. The molecular weight excluding hydrogens is 592 g/mol. The number of hydrogen-bond acceptors (Lipinski definition) is 4. The Bertz CT molecular complexity index is 751. The van der Waals surface area contributed by atoms with E-state index in [1.54, 1.807) is 0 Å². The third kappa shape index (κ3) is 26.9. The molecule has 1 rings (SSSR count). The molecule has 0 aromatic heterocycles. The van der Waals surface area contributed by atoms with Gasteiger partial charge < -0.3 is 20.5 Å². The van der Waals surface area contributed by atoms with Crippen molar-refractivity contribution in [3.05, 3.63) is 35.9 Å². The number of nitrogens with one attached hydrogen (secondary N) is 1. The van der Waals surface area contributed by atoms with Crippen molar-refractivity contribution in [3.8, 4) is 0 Å². The lowest BCUT2D eigenvalue weighted by Crippen LogP contribution is -2.40. The number of carbonyl (C=O) groups excluding carboxylic acids is 1. The van der Waals surface area contributed by atoms with Crippen molar-refractivity contribution in [2.24, 2.45) is 5.73 Å². The van der Waals surface area contributed by atoms with E-state index in [1.807, 2.05) is 30.3 Å². The first-order valence-corrected chi connectivity index (χ1v) is 19.4. The second kappa shape index (κ2) is 35.2. The zero-order chi connectivity index (χ0) is 32.5. The fraction of sp³-hybridized carbons (Fsp3) is 0.825. The zero-order valence-corrected chi connectivity index (χ0v) is 31.1. The molecule has 0 spiro atoms. The Labute approximate surface area is 291 Å². The maximum absolute atomic E-state index is 13.0. The van der Waals surface area contributed by atoms with E-state index in [1.165, 1.54) is 141 Å². The van der Waals surface area contributed by atoms with Crippen LogP contribution in [0.1, 0.15) is 179 Å². The van der Waals surface area contributed by atoms with Gasteiger partial charge in [-0.05, 0) is 18.4 Å². The minimum atomic E-state index is -0.342. The second-order valence-corrected chi connectivity index (χ2v) is 13.3. The highest BCUT2D eigenvalue weighted by Crippen LogP contribution is 2.15. The molecule has 0 saturated carbocycles. The van der Waals surface area contributed by atoms with Gasteiger partial charge in [0.25, 0.3) is 0 Å². The number of carbonyl (C=O) groups is 1. The molecule has 1 aromatic rings. The molecule has 0 bridgehead atoms. The highest BCUT2D eigenvalue weighted by atomic mass is 35.5. The molecule has 0 fully saturated rings. The Morgan fingerprint density at radius 1 is 0.630 bits per heavy atom. The van der Waals surface area contributed by atoms with Crippen molar-refractivity contribution >= 4 is 18.3 Å². The zero-order valence-electron chi connectivity index (χ0n) is 30.3. The third-order valence-corrected chi connectivity index (χ3v) is 9.06. The number of halogens is 1. The van der Waals surface area contributed by atoms with Crippen LogP contribution in [0.2, 0.25) is 0 Å². The van der Waals surface area contributed by atoms with E-state index in [-0.39, 0.29) is 36.9 Å². The van der Waals surface area contributed by atoms with E-state index >= 15 is 0 Å². The Hall–Kier alpha value is -1.14. The Morgan fingerprint density at radius 2 is 1.04 bits per heavy atom. The van der Waals surface area contributed by atoms with E-state index in [4.69, 9.17) is 15.2 Å². The van der Waals surface area contributed by atoms with Crippen LogP contribution >= 0.6 is 12.4 Å². The number of unbranched alkanes of at least 4 members (excludes halogenated alkanes) is 22. The molecule has 5 nitrogen and oxygen atoms in total. The van der Waals surface area contributed by atoms with Gasteiger partial charge >= 0.3 is 0 Å². The van der Waals surface area contributed by atoms with Crippen molar-refractivity contribution in [1.29, 1.82) is 0 Å². The average Bonchev–Trinajstić information content (AvgIpc) is 3.06. The van der Waals surface area contributed by atoms with Crippen molar-refractivity contribution in [2.75, 3.05) is 32.9 Å². The van der Waals surface area contributed by atoms with E-state index in [0.29, 0.717) is 13.2 Å². The number of amides is 1. The van der Waals surface area contributed by atoms with E-state index in [2.05, 4.69) is 19.2 Å². The second-order valence-electron chi connectivity index (χ2n) is 13.3. The summed E-state index contributed by atoms with van der Waals surface area (Å²) in [4.78, 5) is 13.0. The predicted molar refractivity (Wildman–Crippen MR) is 201 cm³/mol. The Kier molecular flexibility index (Phi) is 34.3. The van der Waals surface area contributed by atoms with Gasteiger partial charge in [0.2, 0.25) is 5.91 Å². The van der Waals surface area contributed by atoms with Gasteiger partial charge in [-0.1, -0.05) is 185 Å². The van der Waals surface area contributed by atoms with Crippen LogP contribution in [-0.4, -0.2) is 44.9 Å². The molecule has 46 heavy (non-hydrogen) atoms. The molecule has 1 amide bonds. The van der Waals surface area contributed by atoms with Gasteiger partial charge in [0, 0.05) is 26.3 Å². The summed E-state index contributed by atoms with van der Waals surface area (Å²) in [5.74, 6) is -0.381. The van der Waals surface area contributed by atoms with Crippen LogP contribution in [0.4, 0.5) is 0 Å². The number of ether oxygens (including phenoxy) is 2. The van der Waals surface area contributed by atoms with Crippen LogP contribution in [0, 0.1) is 0 Å². The van der Waals surface area contributed by atoms with Gasteiger partial charge in [0.05, 0.1) is 18.6 Å². The summed E-state index contributed by atoms with van der Waals surface area (Å²) in [6.07, 6.45) is 31.9. The minimum Gasteiger partial charge on any atom is -0.379 e. The summed E-state index contributed by atoms with van der Waals surface area (Å²) >= 11 is 0. The molecule has 270 valence electrons. The normalized spacial score (nSPS) is 12.5. The van der Waals surface area contributed by atoms with Crippen LogP contribution in [0.3, 0.4) is 0 Å². The predicted octanol–water partition coefficient (Wildman–Crippen LogP) is 11.1. The molecular formula is C40H75ClN2O3. The van der Waals surface area contributed by atoms with Crippen molar-refractivity contribution < 1.29 is 14.3 Å². The van der Waals surface area contributed by atoms with Crippen molar-refractivity contribution in [2.45, 2.75) is 180 Å². The number of benzene rings is 1. The summed E-state index contributed by atoms with van der Waals surface area (Å²) in [6, 6.07) is 9.81. The van der Waals surface area contributed by atoms with Gasteiger partial charge in [-0.2, -0.15) is 0 Å². The van der Waals surface area contributed by atoms with Gasteiger partial charge in [-0.15, -0.1) is 12.4 Å². The summed E-state index contributed by atoms with van der Waals surface area (Å²) in [6.45, 7) is 7.31. The van der Waals surface area contributed by atoms with Gasteiger partial charge in [-0.3, -0.25) is 4.79 Å². The van der Waals surface area contributed by atoms with Gasteiger partial charge in [0.15, 0.2) is 0 Å². The quantitative estimate of drug-likeness (QED) is 0.0718. The monoisotopic (exact) mass is 667 g/mol. The molecule has 0 radical (unpaired) electrons. The van der Waals surface area contributed by atoms with Crippen molar-refractivity contribution in [3.63, 3.8) is 0 Å². The maximum atomic E-state index is 13.0. The molecule has 3 N–H and O–H groups in total. The standard InChI is InChI=1S/C40H74N2O3.ClH/c1-3-5-7-9-11-13-15-17-19-21-23-28-32-44-36-38(35-42-40(43)39(34-41)37-30-26-25-27-31-37)45-33-29-24-22-20-18-16-14-12-10-8-6-4-2;/h25-27,30-31,38-39H,3-24,28-29,32-36,41H2,1-2H3,(H,42,43);1H. The van der Waals surface area contributed by atoms with Crippen LogP contribution < -0.4 is 11.1 Å². The number of hydrogen-bond donors (Lipinski definition) is 2. The van der Waals surface area contributed by atoms with Crippen LogP contribution in [0.15, 0.2) is 30.3 Å². The molecule has 0 aliphatic rings. The van der Waals surface area contributed by atoms with E-state index < -0.39 is 0 Å². The fourth-order valence-corrected chi connectivity index (χ4v) is 6.04. The first-order chi connectivity index (χ1) is 22.2. The molecule has 0 aliphatic heterocycles. The number of nitrogens with two attached hydrogens (primary N) is 1. The van der Waals surface area contributed by atoms with Gasteiger partial charge in [-0.25, -0.2) is 0 Å². The van der Waals surface area contributed by atoms with E-state index in [9.17, 15) is 4.79 Å². The van der Waals surface area contributed by atoms with E-state index in [0.717, 1.165) is 31.6 Å². The molecule has 0 heterocycles. The molecule has 0 saturated heterocycles. The maximum Gasteiger partial charge on any atom is 0.228 e. The van der Waals surface area contributed by atoms with Gasteiger partial charge in [0.1, 0.15) is 0 Å².